The zero-order valence-electron chi connectivity index (χ0n) is 9.00. The van der Waals surface area contributed by atoms with Gasteiger partial charge >= 0.3 is 0 Å². The number of ketones is 1. The van der Waals surface area contributed by atoms with Gasteiger partial charge in [-0.15, -0.1) is 0 Å². The van der Waals surface area contributed by atoms with E-state index in [1.54, 1.807) is 6.92 Å². The van der Waals surface area contributed by atoms with Crippen molar-refractivity contribution in [2.75, 3.05) is 13.2 Å². The Balaban J connectivity index is 2.37. The topological polar surface area (TPSA) is 47.9 Å². The third kappa shape index (κ3) is 2.54. The van der Waals surface area contributed by atoms with Crippen molar-refractivity contribution in [1.29, 1.82) is 0 Å². The Bertz CT molecular complexity index is 250. The van der Waals surface area contributed by atoms with Crippen molar-refractivity contribution >= 4 is 11.5 Å². The van der Waals surface area contributed by atoms with Crippen LogP contribution in [0.25, 0.3) is 0 Å². The molecular formula is C10H17NO3. The molecule has 0 fully saturated rings. The van der Waals surface area contributed by atoms with Crippen LogP contribution in [0, 0.1) is 0 Å². The average Bonchev–Trinajstić information content (AvgIpc) is 2.48. The summed E-state index contributed by atoms with van der Waals surface area (Å²) in [5.74, 6) is -0.0356. The van der Waals surface area contributed by atoms with Crippen LogP contribution in [0.3, 0.4) is 0 Å². The molecule has 1 atom stereocenters. The van der Waals surface area contributed by atoms with Crippen molar-refractivity contribution in [2.24, 2.45) is 5.16 Å². The molecule has 0 aromatic carbocycles. The van der Waals surface area contributed by atoms with Gasteiger partial charge in [-0.2, -0.15) is 0 Å². The van der Waals surface area contributed by atoms with E-state index < -0.39 is 5.60 Å². The summed E-state index contributed by atoms with van der Waals surface area (Å²) >= 11 is 0. The van der Waals surface area contributed by atoms with E-state index in [0.717, 1.165) is 12.1 Å². The summed E-state index contributed by atoms with van der Waals surface area (Å²) in [4.78, 5) is 16.8. The molecule has 0 amide bonds. The zero-order valence-corrected chi connectivity index (χ0v) is 9.00. The minimum absolute atomic E-state index is 0.0356. The molecule has 0 bridgehead atoms. The first-order valence-electron chi connectivity index (χ1n) is 4.91. The number of nitrogens with zero attached hydrogens (tertiary/aromatic N) is 1. The first kappa shape index (κ1) is 11.2. The second-order valence-electron chi connectivity index (χ2n) is 3.80. The van der Waals surface area contributed by atoms with Gasteiger partial charge in [0.25, 0.3) is 0 Å². The second-order valence-corrected chi connectivity index (χ2v) is 3.80. The van der Waals surface area contributed by atoms with E-state index in [1.807, 2.05) is 13.8 Å². The van der Waals surface area contributed by atoms with Crippen molar-refractivity contribution in [3.63, 3.8) is 0 Å². The predicted molar refractivity (Wildman–Crippen MR) is 53.3 cm³/mol. The van der Waals surface area contributed by atoms with Crippen molar-refractivity contribution in [1.82, 2.24) is 0 Å². The molecule has 1 rings (SSSR count). The number of hydrogen-bond donors (Lipinski definition) is 0. The Morgan fingerprint density at radius 2 is 2.43 bits per heavy atom. The van der Waals surface area contributed by atoms with Crippen LogP contribution < -0.4 is 0 Å². The van der Waals surface area contributed by atoms with E-state index in [-0.39, 0.29) is 12.4 Å². The smallest absolute Gasteiger partial charge is 0.204 e. The largest absolute Gasteiger partial charge is 0.381 e. The van der Waals surface area contributed by atoms with Gasteiger partial charge in [0.2, 0.25) is 5.78 Å². The summed E-state index contributed by atoms with van der Waals surface area (Å²) in [6, 6.07) is 0. The van der Waals surface area contributed by atoms with E-state index in [1.165, 1.54) is 0 Å². The van der Waals surface area contributed by atoms with Gasteiger partial charge in [-0.05, 0) is 20.3 Å². The first-order chi connectivity index (χ1) is 6.58. The molecule has 0 aliphatic carbocycles. The molecule has 4 heteroatoms. The van der Waals surface area contributed by atoms with E-state index in [4.69, 9.17) is 9.57 Å². The molecule has 1 heterocycles. The third-order valence-corrected chi connectivity index (χ3v) is 2.17. The van der Waals surface area contributed by atoms with Crippen molar-refractivity contribution < 1.29 is 14.4 Å². The van der Waals surface area contributed by atoms with Crippen molar-refractivity contribution in [3.8, 4) is 0 Å². The number of rotatable bonds is 5. The van der Waals surface area contributed by atoms with Crippen LogP contribution in [0.2, 0.25) is 0 Å². The molecule has 0 aromatic heterocycles. The standard InChI is InChI=1S/C10H17NO3/c1-4-5-13-7-9(12)10(3)6-8(2)11-14-10/h4-7H2,1-3H3. The molecule has 0 saturated carbocycles. The summed E-state index contributed by atoms with van der Waals surface area (Å²) in [7, 11) is 0. The summed E-state index contributed by atoms with van der Waals surface area (Å²) in [5.41, 5.74) is 0.0639. The highest BCUT2D eigenvalue weighted by Gasteiger charge is 2.39. The number of ether oxygens (including phenoxy) is 1. The van der Waals surface area contributed by atoms with E-state index in [2.05, 4.69) is 5.16 Å². The highest BCUT2D eigenvalue weighted by Crippen LogP contribution is 2.24. The van der Waals surface area contributed by atoms with Gasteiger partial charge in [-0.1, -0.05) is 12.1 Å². The number of hydrogen-bond acceptors (Lipinski definition) is 4. The number of Topliss-reactive ketones (excluding diaryl/α,β-unsaturated/α-hetero) is 1. The van der Waals surface area contributed by atoms with Gasteiger partial charge in [0.15, 0.2) is 5.60 Å². The van der Waals surface area contributed by atoms with Crippen molar-refractivity contribution in [2.45, 2.75) is 39.2 Å². The Hall–Kier alpha value is -0.900. The van der Waals surface area contributed by atoms with Crippen molar-refractivity contribution in [3.05, 3.63) is 0 Å². The molecular weight excluding hydrogens is 182 g/mol. The molecule has 0 spiro atoms. The summed E-state index contributed by atoms with van der Waals surface area (Å²) in [6.45, 7) is 6.34. The van der Waals surface area contributed by atoms with E-state index >= 15 is 0 Å². The molecule has 4 nitrogen and oxygen atoms in total. The molecule has 1 aliphatic rings. The monoisotopic (exact) mass is 199 g/mol. The second kappa shape index (κ2) is 4.55. The lowest BCUT2D eigenvalue weighted by Crippen LogP contribution is -2.38. The fourth-order valence-electron chi connectivity index (χ4n) is 1.34. The Morgan fingerprint density at radius 3 is 2.93 bits per heavy atom. The van der Waals surface area contributed by atoms with Gasteiger partial charge in [0.1, 0.15) is 6.61 Å². The predicted octanol–water partition coefficient (Wildman–Crippen LogP) is 1.54. The quantitative estimate of drug-likeness (QED) is 0.631. The normalized spacial score (nSPS) is 25.8. The summed E-state index contributed by atoms with van der Waals surface area (Å²) in [6.07, 6.45) is 1.49. The first-order valence-corrected chi connectivity index (χ1v) is 4.91. The lowest BCUT2D eigenvalue weighted by Gasteiger charge is -2.19. The summed E-state index contributed by atoms with van der Waals surface area (Å²) in [5, 5.41) is 3.78. The maximum Gasteiger partial charge on any atom is 0.204 e. The SMILES string of the molecule is CCCOCC(=O)C1(C)CC(C)=NO1. The number of oxime groups is 1. The van der Waals surface area contributed by atoms with Crippen LogP contribution in [-0.4, -0.2) is 30.3 Å². The van der Waals surface area contributed by atoms with Crippen LogP contribution in [-0.2, 0) is 14.4 Å². The lowest BCUT2D eigenvalue weighted by atomic mass is 9.96. The molecule has 1 unspecified atom stereocenters. The van der Waals surface area contributed by atoms with Crippen LogP contribution in [0.4, 0.5) is 0 Å². The molecule has 0 N–H and O–H groups in total. The molecule has 80 valence electrons. The minimum atomic E-state index is -0.794. The zero-order chi connectivity index (χ0) is 10.6. The Kier molecular flexibility index (Phi) is 3.63. The highest BCUT2D eigenvalue weighted by atomic mass is 16.7. The average molecular weight is 199 g/mol. The molecule has 0 saturated heterocycles. The van der Waals surface area contributed by atoms with Gasteiger partial charge in [-0.25, -0.2) is 0 Å². The maximum atomic E-state index is 11.7. The van der Waals surface area contributed by atoms with Gasteiger partial charge in [0, 0.05) is 13.0 Å². The van der Waals surface area contributed by atoms with Crippen LogP contribution in [0.5, 0.6) is 0 Å². The molecule has 0 aromatic rings. The van der Waals surface area contributed by atoms with Gasteiger partial charge in [-0.3, -0.25) is 4.79 Å². The maximum absolute atomic E-state index is 11.7. The van der Waals surface area contributed by atoms with E-state index in [0.29, 0.717) is 13.0 Å². The molecule has 0 radical (unpaired) electrons. The minimum Gasteiger partial charge on any atom is -0.381 e. The number of carbonyl (C=O) groups is 1. The van der Waals surface area contributed by atoms with Gasteiger partial charge < -0.3 is 9.57 Å². The summed E-state index contributed by atoms with van der Waals surface area (Å²) < 4.78 is 5.18. The Labute approximate surface area is 84.3 Å². The van der Waals surface area contributed by atoms with E-state index in [9.17, 15) is 4.79 Å². The fraction of sp³-hybridized carbons (Fsp3) is 0.800. The fourth-order valence-corrected chi connectivity index (χ4v) is 1.34. The third-order valence-electron chi connectivity index (χ3n) is 2.17. The molecule has 1 aliphatic heterocycles. The van der Waals surface area contributed by atoms with Crippen LogP contribution in [0.1, 0.15) is 33.6 Å². The highest BCUT2D eigenvalue weighted by molar-refractivity contribution is 5.96. The van der Waals surface area contributed by atoms with Crippen LogP contribution in [0.15, 0.2) is 5.16 Å². The lowest BCUT2D eigenvalue weighted by molar-refractivity contribution is -0.144. The molecule has 14 heavy (non-hydrogen) atoms. The van der Waals surface area contributed by atoms with Gasteiger partial charge in [0.05, 0.1) is 5.71 Å². The Morgan fingerprint density at radius 1 is 1.71 bits per heavy atom. The number of carbonyl (C=O) groups excluding carboxylic acids is 1. The van der Waals surface area contributed by atoms with Crippen LogP contribution >= 0.6 is 0 Å².